The zero-order valence-electron chi connectivity index (χ0n) is 30.4. The SMILES string of the molecule is COc1cc(CN(Cc2cc(C(F)(F)F)cc(C(F)(F)F)c2)c2ncc(OCCCC(=O)[O-])cn2)c(-c2cc(C(C)C)c(C)cc2OC)cc1OC.[Na+]. The smallest absolute Gasteiger partial charge is 0.550 e. The van der Waals surface area contributed by atoms with E-state index in [4.69, 9.17) is 18.9 Å². The van der Waals surface area contributed by atoms with Crippen LogP contribution < -0.4 is 58.5 Å². The van der Waals surface area contributed by atoms with Gasteiger partial charge in [-0.15, -0.1) is 0 Å². The Hall–Kier alpha value is -4.21. The van der Waals surface area contributed by atoms with Crippen LogP contribution in [0.3, 0.4) is 0 Å². The second-order valence-electron chi connectivity index (χ2n) is 12.2. The maximum absolute atomic E-state index is 13.9. The number of rotatable bonds is 15. The molecular formula is C37H38F6N3NaO6. The number of carbonyl (C=O) groups excluding carboxylic acids is 1. The first-order chi connectivity index (χ1) is 24.4. The van der Waals surface area contributed by atoms with Crippen LogP contribution in [0.15, 0.2) is 54.9 Å². The molecule has 1 heterocycles. The summed E-state index contributed by atoms with van der Waals surface area (Å²) in [5.41, 5.74) is 0.567. The fourth-order valence-corrected chi connectivity index (χ4v) is 5.69. The van der Waals surface area contributed by atoms with Gasteiger partial charge in [0, 0.05) is 24.6 Å². The predicted molar refractivity (Wildman–Crippen MR) is 178 cm³/mol. The van der Waals surface area contributed by atoms with E-state index in [1.807, 2.05) is 32.9 Å². The van der Waals surface area contributed by atoms with E-state index in [1.54, 1.807) is 12.1 Å². The summed E-state index contributed by atoms with van der Waals surface area (Å²) in [5.74, 6) is 0.203. The van der Waals surface area contributed by atoms with E-state index in [1.165, 1.54) is 38.6 Å². The number of carboxylic acid groups (broad SMARTS) is 1. The Morgan fingerprint density at radius 1 is 0.792 bits per heavy atom. The third-order valence-electron chi connectivity index (χ3n) is 8.18. The van der Waals surface area contributed by atoms with Crippen molar-refractivity contribution in [2.24, 2.45) is 0 Å². The van der Waals surface area contributed by atoms with Crippen LogP contribution in [-0.4, -0.2) is 43.9 Å². The van der Waals surface area contributed by atoms with Crippen molar-refractivity contribution in [3.63, 3.8) is 0 Å². The fraction of sp³-hybridized carbons (Fsp3) is 0.378. The number of nitrogens with zero attached hydrogens (tertiary/aromatic N) is 3. The number of halogens is 6. The van der Waals surface area contributed by atoms with E-state index in [9.17, 15) is 36.2 Å². The van der Waals surface area contributed by atoms with Crippen LogP contribution in [0.2, 0.25) is 0 Å². The molecule has 280 valence electrons. The molecule has 0 aliphatic heterocycles. The quantitative estimate of drug-likeness (QED) is 0.0965. The van der Waals surface area contributed by atoms with Crippen molar-refractivity contribution >= 4 is 11.9 Å². The molecule has 0 aliphatic carbocycles. The van der Waals surface area contributed by atoms with Crippen molar-refractivity contribution < 1.29 is 84.7 Å². The fourth-order valence-electron chi connectivity index (χ4n) is 5.69. The number of aliphatic carboxylic acids is 1. The predicted octanol–water partition coefficient (Wildman–Crippen LogP) is 4.76. The van der Waals surface area contributed by atoms with Gasteiger partial charge >= 0.3 is 41.9 Å². The van der Waals surface area contributed by atoms with Gasteiger partial charge in [0.15, 0.2) is 17.2 Å². The Labute approximate surface area is 325 Å². The van der Waals surface area contributed by atoms with Crippen LogP contribution in [-0.2, 0) is 30.2 Å². The van der Waals surface area contributed by atoms with Crippen molar-refractivity contribution in [3.05, 3.63) is 88.2 Å². The summed E-state index contributed by atoms with van der Waals surface area (Å²) in [5, 5.41) is 10.7. The molecule has 0 unspecified atom stereocenters. The Kier molecular flexibility index (Phi) is 14.8. The van der Waals surface area contributed by atoms with Gasteiger partial charge in [0.1, 0.15) is 5.75 Å². The molecule has 4 aromatic rings. The number of hydrogen-bond acceptors (Lipinski definition) is 9. The summed E-state index contributed by atoms with van der Waals surface area (Å²) in [6, 6.07) is 8.63. The van der Waals surface area contributed by atoms with Crippen LogP contribution in [0.1, 0.15) is 66.0 Å². The molecule has 0 bridgehead atoms. The van der Waals surface area contributed by atoms with Crippen LogP contribution in [0.4, 0.5) is 32.3 Å². The first-order valence-corrected chi connectivity index (χ1v) is 16.1. The van der Waals surface area contributed by atoms with Crippen molar-refractivity contribution in [1.82, 2.24) is 9.97 Å². The molecule has 0 spiro atoms. The minimum atomic E-state index is -5.06. The Bertz CT molecular complexity index is 1840. The normalized spacial score (nSPS) is 11.6. The molecule has 1 aromatic heterocycles. The average molecular weight is 758 g/mol. The van der Waals surface area contributed by atoms with Crippen molar-refractivity contribution in [2.45, 2.75) is 65.0 Å². The minimum absolute atomic E-state index is 0. The number of hydrogen-bond donors (Lipinski definition) is 0. The number of methoxy groups -OCH3 is 3. The van der Waals surface area contributed by atoms with Gasteiger partial charge in [-0.1, -0.05) is 13.8 Å². The number of anilines is 1. The van der Waals surface area contributed by atoms with E-state index >= 15 is 0 Å². The third-order valence-corrected chi connectivity index (χ3v) is 8.18. The Morgan fingerprint density at radius 2 is 1.36 bits per heavy atom. The number of carboxylic acids is 1. The van der Waals surface area contributed by atoms with E-state index in [0.29, 0.717) is 46.1 Å². The number of aryl methyl sites for hydroxylation is 1. The number of alkyl halides is 6. The second-order valence-corrected chi connectivity index (χ2v) is 12.2. The maximum Gasteiger partial charge on any atom is 1.00 e. The molecule has 9 nitrogen and oxygen atoms in total. The molecule has 0 atom stereocenters. The maximum atomic E-state index is 13.9. The molecule has 0 saturated carbocycles. The van der Waals surface area contributed by atoms with Gasteiger partial charge in [0.05, 0.1) is 51.5 Å². The van der Waals surface area contributed by atoms with Crippen molar-refractivity contribution in [1.29, 1.82) is 0 Å². The standard InChI is InChI=1S/C37H39F6N3O6.Na/c1-21(2)28-15-30(31(49-4)10-22(28)3)29-16-33(51-6)32(50-5)13-24(29)20-46(35-44-17-27(18-45-35)52-9-7-8-34(47)48)19-23-11-25(36(38,39)40)14-26(12-23)37(41,42)43;/h10-18,21H,7-9,19-20H2,1-6H3,(H,47,48);/q;+1/p-1. The molecule has 0 aliphatic rings. The monoisotopic (exact) mass is 757 g/mol. The topological polar surface area (TPSA) is 106 Å². The van der Waals surface area contributed by atoms with Gasteiger partial charge < -0.3 is 33.7 Å². The first-order valence-electron chi connectivity index (χ1n) is 16.1. The zero-order chi connectivity index (χ0) is 38.4. The van der Waals surface area contributed by atoms with Gasteiger partial charge in [-0.05, 0) is 96.0 Å². The Balaban J connectivity index is 0.00000756. The molecule has 53 heavy (non-hydrogen) atoms. The molecule has 3 aromatic carbocycles. The van der Waals surface area contributed by atoms with E-state index in [-0.39, 0.29) is 84.8 Å². The number of ether oxygens (including phenoxy) is 4. The van der Waals surface area contributed by atoms with Crippen LogP contribution in [0.25, 0.3) is 11.1 Å². The zero-order valence-corrected chi connectivity index (χ0v) is 32.4. The molecule has 16 heteroatoms. The first kappa shape index (κ1) is 43.2. The molecule has 0 fully saturated rings. The van der Waals surface area contributed by atoms with Crippen molar-refractivity contribution in [3.8, 4) is 34.1 Å². The van der Waals surface area contributed by atoms with Crippen LogP contribution in [0.5, 0.6) is 23.0 Å². The summed E-state index contributed by atoms with van der Waals surface area (Å²) in [7, 11) is 4.40. The third kappa shape index (κ3) is 11.2. The summed E-state index contributed by atoms with van der Waals surface area (Å²) >= 11 is 0. The number of benzene rings is 3. The van der Waals surface area contributed by atoms with Gasteiger partial charge in [-0.25, -0.2) is 9.97 Å². The molecule has 4 rings (SSSR count). The van der Waals surface area contributed by atoms with Gasteiger partial charge in [-0.3, -0.25) is 0 Å². The average Bonchev–Trinajstić information content (AvgIpc) is 3.08. The molecule has 0 amide bonds. The Morgan fingerprint density at radius 3 is 1.87 bits per heavy atom. The summed E-state index contributed by atoms with van der Waals surface area (Å²) in [6.07, 6.45) is -7.65. The van der Waals surface area contributed by atoms with Crippen LogP contribution >= 0.6 is 0 Å². The van der Waals surface area contributed by atoms with Gasteiger partial charge in [-0.2, -0.15) is 26.3 Å². The molecule has 0 saturated heterocycles. The van der Waals surface area contributed by atoms with Crippen molar-refractivity contribution in [2.75, 3.05) is 32.8 Å². The number of aromatic nitrogens is 2. The van der Waals surface area contributed by atoms with E-state index in [2.05, 4.69) is 9.97 Å². The summed E-state index contributed by atoms with van der Waals surface area (Å²) in [6.45, 7) is 5.43. The molecule has 0 radical (unpaired) electrons. The second kappa shape index (κ2) is 18.2. The number of carbonyl (C=O) groups is 1. The van der Waals surface area contributed by atoms with E-state index < -0.39 is 36.0 Å². The minimum Gasteiger partial charge on any atom is -0.550 e. The van der Waals surface area contributed by atoms with Crippen LogP contribution in [0, 0.1) is 6.92 Å². The van der Waals surface area contributed by atoms with Gasteiger partial charge in [0.2, 0.25) is 5.95 Å². The molecule has 0 N–H and O–H groups in total. The van der Waals surface area contributed by atoms with E-state index in [0.717, 1.165) is 11.1 Å². The summed E-state index contributed by atoms with van der Waals surface area (Å²) in [4.78, 5) is 20.8. The van der Waals surface area contributed by atoms with Gasteiger partial charge in [0.25, 0.3) is 0 Å². The summed E-state index contributed by atoms with van der Waals surface area (Å²) < 4.78 is 106. The molecular weight excluding hydrogens is 719 g/mol. The largest absolute Gasteiger partial charge is 1.00 e.